The molecule has 0 fully saturated rings. The van der Waals surface area contributed by atoms with E-state index in [0.717, 1.165) is 39.6 Å². The van der Waals surface area contributed by atoms with Gasteiger partial charge in [-0.05, 0) is 59.5 Å². The predicted octanol–water partition coefficient (Wildman–Crippen LogP) is 4.69. The summed E-state index contributed by atoms with van der Waals surface area (Å²) in [6.07, 6.45) is 4.75. The largest absolute Gasteiger partial charge is 0.342 e. The molecule has 0 saturated carbocycles. The van der Waals surface area contributed by atoms with Crippen LogP contribution in [0.25, 0.3) is 22.2 Å². The van der Waals surface area contributed by atoms with Crippen molar-refractivity contribution < 1.29 is 8.78 Å². The number of aromatic nitrogens is 3. The molecule has 0 radical (unpaired) electrons. The second-order valence-electron chi connectivity index (χ2n) is 5.90. The van der Waals surface area contributed by atoms with E-state index in [2.05, 4.69) is 21.0 Å². The molecule has 2 aromatic carbocycles. The third-order valence-corrected chi connectivity index (χ3v) is 4.18. The Kier molecular flexibility index (Phi) is 3.98. The zero-order chi connectivity index (χ0) is 17.2. The van der Waals surface area contributed by atoms with Crippen molar-refractivity contribution in [3.63, 3.8) is 0 Å². The molecule has 0 saturated heterocycles. The molecule has 25 heavy (non-hydrogen) atoms. The lowest BCUT2D eigenvalue weighted by molar-refractivity contribution is 0.507. The average molecular weight is 335 g/mol. The number of hydrogen-bond acceptors (Lipinski definition) is 2. The molecule has 1 N–H and O–H groups in total. The molecule has 5 heteroatoms. The van der Waals surface area contributed by atoms with Crippen LogP contribution in [0.3, 0.4) is 0 Å². The molecule has 124 valence electrons. The molecule has 0 aliphatic heterocycles. The second kappa shape index (κ2) is 6.43. The molecule has 3 nitrogen and oxygen atoms in total. The van der Waals surface area contributed by atoms with Crippen LogP contribution in [-0.4, -0.2) is 15.0 Å². The van der Waals surface area contributed by atoms with E-state index in [1.54, 1.807) is 18.5 Å². The van der Waals surface area contributed by atoms with Crippen molar-refractivity contribution in [1.29, 1.82) is 0 Å². The molecular formula is C20H15F2N3. The summed E-state index contributed by atoms with van der Waals surface area (Å²) in [7, 11) is 0. The highest BCUT2D eigenvalue weighted by atomic mass is 19.2. The second-order valence-corrected chi connectivity index (χ2v) is 5.90. The minimum absolute atomic E-state index is 0.592. The number of imidazole rings is 1. The van der Waals surface area contributed by atoms with Crippen LogP contribution >= 0.6 is 0 Å². The maximum absolute atomic E-state index is 13.3. The Hall–Kier alpha value is -3.08. The number of nitrogens with one attached hydrogen (secondary N) is 1. The summed E-state index contributed by atoms with van der Waals surface area (Å²) >= 11 is 0. The van der Waals surface area contributed by atoms with E-state index in [4.69, 9.17) is 0 Å². The van der Waals surface area contributed by atoms with Gasteiger partial charge < -0.3 is 4.98 Å². The monoisotopic (exact) mass is 335 g/mol. The van der Waals surface area contributed by atoms with E-state index < -0.39 is 11.6 Å². The van der Waals surface area contributed by atoms with Crippen LogP contribution in [0.1, 0.15) is 11.4 Å². The van der Waals surface area contributed by atoms with Gasteiger partial charge in [0.15, 0.2) is 11.6 Å². The molecule has 4 aromatic rings. The number of aryl methyl sites for hydroxylation is 2. The number of halogens is 2. The van der Waals surface area contributed by atoms with Crippen molar-refractivity contribution in [1.82, 2.24) is 15.0 Å². The van der Waals surface area contributed by atoms with E-state index in [1.165, 1.54) is 6.07 Å². The molecule has 0 amide bonds. The van der Waals surface area contributed by atoms with E-state index in [-0.39, 0.29) is 0 Å². The fraction of sp³-hybridized carbons (Fsp3) is 0.100. The first-order valence-electron chi connectivity index (χ1n) is 8.02. The summed E-state index contributed by atoms with van der Waals surface area (Å²) < 4.78 is 26.3. The summed E-state index contributed by atoms with van der Waals surface area (Å²) in [4.78, 5) is 11.9. The van der Waals surface area contributed by atoms with Gasteiger partial charge >= 0.3 is 0 Å². The molecule has 2 aromatic heterocycles. The highest BCUT2D eigenvalue weighted by Gasteiger charge is 2.07. The molecule has 0 unspecified atom stereocenters. The summed E-state index contributed by atoms with van der Waals surface area (Å²) in [5.74, 6) is -0.813. The van der Waals surface area contributed by atoms with Crippen molar-refractivity contribution in [2.24, 2.45) is 0 Å². The molecular weight excluding hydrogens is 320 g/mol. The van der Waals surface area contributed by atoms with Crippen LogP contribution in [0.2, 0.25) is 0 Å². The van der Waals surface area contributed by atoms with Crippen molar-refractivity contribution in [2.45, 2.75) is 12.8 Å². The topological polar surface area (TPSA) is 41.6 Å². The number of fused-ring (bicyclic) bond motifs is 1. The Morgan fingerprint density at radius 3 is 2.44 bits per heavy atom. The average Bonchev–Trinajstić information content (AvgIpc) is 3.05. The van der Waals surface area contributed by atoms with E-state index in [1.807, 2.05) is 24.3 Å². The minimum atomic E-state index is -0.823. The highest BCUT2D eigenvalue weighted by molar-refractivity contribution is 5.81. The van der Waals surface area contributed by atoms with Gasteiger partial charge in [-0.25, -0.2) is 13.8 Å². The molecule has 0 atom stereocenters. The molecule has 0 spiro atoms. The Bertz CT molecular complexity index is 1030. The van der Waals surface area contributed by atoms with Gasteiger partial charge in [-0.3, -0.25) is 4.98 Å². The number of benzene rings is 2. The summed E-state index contributed by atoms with van der Waals surface area (Å²) in [6.45, 7) is 0. The lowest BCUT2D eigenvalue weighted by Gasteiger charge is -2.00. The first-order valence-corrected chi connectivity index (χ1v) is 8.02. The smallest absolute Gasteiger partial charge is 0.159 e. The number of nitrogens with zero attached hydrogens (tertiary/aromatic N) is 2. The molecule has 4 rings (SSSR count). The lowest BCUT2D eigenvalue weighted by Crippen LogP contribution is -1.95. The van der Waals surface area contributed by atoms with Gasteiger partial charge in [-0.2, -0.15) is 0 Å². The van der Waals surface area contributed by atoms with Crippen LogP contribution in [-0.2, 0) is 12.8 Å². The van der Waals surface area contributed by atoms with Gasteiger partial charge in [0.2, 0.25) is 0 Å². The quantitative estimate of drug-likeness (QED) is 0.588. The van der Waals surface area contributed by atoms with Gasteiger partial charge in [-0.1, -0.05) is 12.1 Å². The van der Waals surface area contributed by atoms with Gasteiger partial charge in [0.1, 0.15) is 5.82 Å². The molecule has 2 heterocycles. The molecule has 0 aliphatic rings. The summed E-state index contributed by atoms with van der Waals surface area (Å²) in [6, 6.07) is 14.0. The number of H-pyrrole nitrogens is 1. The predicted molar refractivity (Wildman–Crippen MR) is 93.1 cm³/mol. The van der Waals surface area contributed by atoms with Crippen LogP contribution in [0.5, 0.6) is 0 Å². The number of aromatic amines is 1. The zero-order valence-corrected chi connectivity index (χ0v) is 13.3. The third-order valence-electron chi connectivity index (χ3n) is 4.18. The van der Waals surface area contributed by atoms with Crippen LogP contribution in [0, 0.1) is 11.6 Å². The normalized spacial score (nSPS) is 11.1. The van der Waals surface area contributed by atoms with E-state index >= 15 is 0 Å². The number of pyridine rings is 1. The van der Waals surface area contributed by atoms with Crippen LogP contribution < -0.4 is 0 Å². The minimum Gasteiger partial charge on any atom is -0.342 e. The molecule has 0 aliphatic carbocycles. The van der Waals surface area contributed by atoms with Gasteiger partial charge in [0, 0.05) is 18.8 Å². The van der Waals surface area contributed by atoms with Crippen LogP contribution in [0.15, 0.2) is 60.9 Å². The zero-order valence-electron chi connectivity index (χ0n) is 13.3. The van der Waals surface area contributed by atoms with Gasteiger partial charge in [0.05, 0.1) is 11.0 Å². The first-order chi connectivity index (χ1) is 12.2. The third kappa shape index (κ3) is 3.26. The summed E-state index contributed by atoms with van der Waals surface area (Å²) in [5.41, 5.74) is 4.77. The Morgan fingerprint density at radius 2 is 1.64 bits per heavy atom. The summed E-state index contributed by atoms with van der Waals surface area (Å²) in [5, 5.41) is 0. The van der Waals surface area contributed by atoms with E-state index in [9.17, 15) is 8.78 Å². The van der Waals surface area contributed by atoms with Crippen LogP contribution in [0.4, 0.5) is 8.78 Å². The lowest BCUT2D eigenvalue weighted by atomic mass is 10.1. The number of rotatable bonds is 4. The standard InChI is InChI=1S/C20H15F2N3/c21-16-4-1-13(11-17(16)22)2-6-20-24-18-5-3-15(12-19(18)25-20)14-7-9-23-10-8-14/h1,3-5,7-12H,2,6H2,(H,24,25). The Balaban J connectivity index is 1.55. The fourth-order valence-electron chi connectivity index (χ4n) is 2.86. The fourth-order valence-corrected chi connectivity index (χ4v) is 2.86. The van der Waals surface area contributed by atoms with Crippen molar-refractivity contribution >= 4 is 11.0 Å². The Labute approximate surface area is 143 Å². The van der Waals surface area contributed by atoms with Crippen molar-refractivity contribution in [3.05, 3.63) is 83.9 Å². The Morgan fingerprint density at radius 1 is 0.800 bits per heavy atom. The first kappa shape index (κ1) is 15.4. The highest BCUT2D eigenvalue weighted by Crippen LogP contribution is 2.23. The SMILES string of the molecule is Fc1ccc(CCc2nc3ccc(-c4ccncc4)cc3[nH]2)cc1F. The van der Waals surface area contributed by atoms with E-state index in [0.29, 0.717) is 12.8 Å². The van der Waals surface area contributed by atoms with Crippen molar-refractivity contribution in [2.75, 3.05) is 0 Å². The van der Waals surface area contributed by atoms with Crippen molar-refractivity contribution in [3.8, 4) is 11.1 Å². The van der Waals surface area contributed by atoms with Gasteiger partial charge in [0.25, 0.3) is 0 Å². The maximum atomic E-state index is 13.3. The van der Waals surface area contributed by atoms with Gasteiger partial charge in [-0.15, -0.1) is 0 Å². The maximum Gasteiger partial charge on any atom is 0.159 e. The number of hydrogen-bond donors (Lipinski definition) is 1. The molecule has 0 bridgehead atoms.